The lowest BCUT2D eigenvalue weighted by molar-refractivity contribution is 0.282. The maximum absolute atomic E-state index is 9.08. The van der Waals surface area contributed by atoms with Crippen LogP contribution in [0.3, 0.4) is 0 Å². The number of piperidine rings is 1. The molecular weight excluding hydrogens is 254 g/mol. The molecule has 0 amide bonds. The minimum Gasteiger partial charge on any atom is -0.392 e. The van der Waals surface area contributed by atoms with Gasteiger partial charge in [0.25, 0.3) is 0 Å². The molecule has 6 nitrogen and oxygen atoms in total. The fraction of sp³-hybridized carbons (Fsp3) is 0.429. The first kappa shape index (κ1) is 14.5. The third-order valence-corrected chi connectivity index (χ3v) is 3.25. The largest absolute Gasteiger partial charge is 0.392 e. The molecule has 0 spiro atoms. The molecule has 0 aliphatic carbocycles. The van der Waals surface area contributed by atoms with Gasteiger partial charge < -0.3 is 21.9 Å². The normalized spacial score (nSPS) is 20.9. The summed E-state index contributed by atoms with van der Waals surface area (Å²) in [6.07, 6.45) is 3.29. The number of aliphatic imine (C=N–C) groups is 2. The molecule has 2 rings (SSSR count). The summed E-state index contributed by atoms with van der Waals surface area (Å²) in [6, 6.07) is 7.28. The number of aliphatic hydroxyl groups excluding tert-OH is 1. The molecule has 0 saturated carbocycles. The fourth-order valence-electron chi connectivity index (χ4n) is 2.20. The average Bonchev–Trinajstić information content (AvgIpc) is 2.48. The third-order valence-electron chi connectivity index (χ3n) is 3.25. The number of benzene rings is 1. The number of guanidine groups is 1. The lowest BCUT2D eigenvalue weighted by atomic mass is 10.0. The van der Waals surface area contributed by atoms with E-state index in [1.54, 1.807) is 12.1 Å². The highest BCUT2D eigenvalue weighted by molar-refractivity contribution is 5.98. The van der Waals surface area contributed by atoms with Gasteiger partial charge in [0.05, 0.1) is 18.3 Å². The molecule has 1 aromatic carbocycles. The molecular formula is C14H21N5O. The molecule has 1 aromatic rings. The molecule has 1 fully saturated rings. The molecule has 108 valence electrons. The maximum Gasteiger partial charge on any atom is 0.222 e. The van der Waals surface area contributed by atoms with Crippen LogP contribution in [0.4, 0.5) is 5.69 Å². The van der Waals surface area contributed by atoms with Crippen molar-refractivity contribution in [2.75, 3.05) is 6.54 Å². The smallest absolute Gasteiger partial charge is 0.222 e. The number of amidine groups is 1. The summed E-state index contributed by atoms with van der Waals surface area (Å²) in [5, 5.41) is 12.4. The van der Waals surface area contributed by atoms with Crippen molar-refractivity contribution in [2.24, 2.45) is 21.5 Å². The Balaban J connectivity index is 2.08. The minimum atomic E-state index is -0.0271. The van der Waals surface area contributed by atoms with E-state index in [4.69, 9.17) is 16.6 Å². The van der Waals surface area contributed by atoms with Gasteiger partial charge >= 0.3 is 0 Å². The Bertz CT molecular complexity index is 506. The molecule has 1 unspecified atom stereocenters. The predicted molar refractivity (Wildman–Crippen MR) is 80.9 cm³/mol. The predicted octanol–water partition coefficient (Wildman–Crippen LogP) is 0.624. The van der Waals surface area contributed by atoms with Crippen molar-refractivity contribution in [3.63, 3.8) is 0 Å². The van der Waals surface area contributed by atoms with Crippen molar-refractivity contribution in [3.8, 4) is 0 Å². The van der Waals surface area contributed by atoms with Crippen LogP contribution in [0.5, 0.6) is 0 Å². The first-order chi connectivity index (χ1) is 9.69. The number of aliphatic hydroxyl groups is 1. The van der Waals surface area contributed by atoms with Gasteiger partial charge in [-0.15, -0.1) is 0 Å². The summed E-state index contributed by atoms with van der Waals surface area (Å²) in [5.74, 6) is 0.606. The minimum absolute atomic E-state index is 0.0271. The Kier molecular flexibility index (Phi) is 5.09. The van der Waals surface area contributed by atoms with Gasteiger partial charge in [-0.05, 0) is 37.1 Å². The van der Waals surface area contributed by atoms with Crippen LogP contribution in [0.1, 0.15) is 24.8 Å². The van der Waals surface area contributed by atoms with E-state index in [-0.39, 0.29) is 18.6 Å². The van der Waals surface area contributed by atoms with Gasteiger partial charge in [0.15, 0.2) is 0 Å². The number of nitrogens with two attached hydrogens (primary N) is 2. The van der Waals surface area contributed by atoms with Gasteiger partial charge in [-0.25, -0.2) is 4.99 Å². The Hall–Kier alpha value is -1.92. The van der Waals surface area contributed by atoms with Gasteiger partial charge in [-0.2, -0.15) is 4.99 Å². The Morgan fingerprint density at radius 3 is 2.90 bits per heavy atom. The zero-order valence-corrected chi connectivity index (χ0v) is 11.4. The summed E-state index contributed by atoms with van der Waals surface area (Å²) in [4.78, 5) is 8.34. The van der Waals surface area contributed by atoms with Crippen LogP contribution in [-0.4, -0.2) is 29.5 Å². The highest BCUT2D eigenvalue weighted by Crippen LogP contribution is 2.14. The lowest BCUT2D eigenvalue weighted by Crippen LogP contribution is -2.45. The Morgan fingerprint density at radius 2 is 2.20 bits per heavy atom. The van der Waals surface area contributed by atoms with Crippen LogP contribution >= 0.6 is 0 Å². The van der Waals surface area contributed by atoms with E-state index in [0.717, 1.165) is 24.9 Å². The number of rotatable bonds is 3. The molecule has 1 saturated heterocycles. The van der Waals surface area contributed by atoms with E-state index in [0.29, 0.717) is 11.5 Å². The van der Waals surface area contributed by atoms with Gasteiger partial charge in [0.2, 0.25) is 5.96 Å². The summed E-state index contributed by atoms with van der Waals surface area (Å²) in [7, 11) is 0. The van der Waals surface area contributed by atoms with Crippen molar-refractivity contribution < 1.29 is 5.11 Å². The molecule has 1 atom stereocenters. The SMILES string of the molecule is NC(=Nc1cccc(CO)c1)N=C(N)C1CCCCN1. The molecule has 1 aliphatic heterocycles. The van der Waals surface area contributed by atoms with E-state index in [1.165, 1.54) is 6.42 Å². The van der Waals surface area contributed by atoms with Gasteiger partial charge in [-0.1, -0.05) is 18.6 Å². The molecule has 0 aromatic heterocycles. The second-order valence-corrected chi connectivity index (χ2v) is 4.84. The summed E-state index contributed by atoms with van der Waals surface area (Å²) < 4.78 is 0. The topological polar surface area (TPSA) is 109 Å². The van der Waals surface area contributed by atoms with E-state index in [2.05, 4.69) is 15.3 Å². The number of nitrogens with zero attached hydrogens (tertiary/aromatic N) is 2. The number of hydrogen-bond donors (Lipinski definition) is 4. The molecule has 6 N–H and O–H groups in total. The summed E-state index contributed by atoms with van der Waals surface area (Å²) in [6.45, 7) is 0.928. The van der Waals surface area contributed by atoms with Crippen molar-refractivity contribution in [1.82, 2.24) is 5.32 Å². The van der Waals surface area contributed by atoms with Crippen LogP contribution < -0.4 is 16.8 Å². The van der Waals surface area contributed by atoms with Gasteiger partial charge in [-0.3, -0.25) is 0 Å². The third kappa shape index (κ3) is 4.04. The van der Waals surface area contributed by atoms with E-state index >= 15 is 0 Å². The highest BCUT2D eigenvalue weighted by Gasteiger charge is 2.16. The second-order valence-electron chi connectivity index (χ2n) is 4.84. The molecule has 20 heavy (non-hydrogen) atoms. The first-order valence-electron chi connectivity index (χ1n) is 6.80. The van der Waals surface area contributed by atoms with Crippen molar-refractivity contribution in [2.45, 2.75) is 31.9 Å². The fourth-order valence-corrected chi connectivity index (χ4v) is 2.20. The molecule has 0 radical (unpaired) electrons. The zero-order valence-electron chi connectivity index (χ0n) is 11.4. The molecule has 1 heterocycles. The average molecular weight is 275 g/mol. The molecule has 0 bridgehead atoms. The molecule has 1 aliphatic rings. The van der Waals surface area contributed by atoms with Crippen molar-refractivity contribution >= 4 is 17.5 Å². The first-order valence-corrected chi connectivity index (χ1v) is 6.80. The van der Waals surface area contributed by atoms with Crippen LogP contribution in [0.15, 0.2) is 34.3 Å². The van der Waals surface area contributed by atoms with Crippen LogP contribution in [0.2, 0.25) is 0 Å². The summed E-state index contributed by atoms with van der Waals surface area (Å²) >= 11 is 0. The number of hydrogen-bond acceptors (Lipinski definition) is 3. The van der Waals surface area contributed by atoms with Gasteiger partial charge in [0.1, 0.15) is 5.84 Å². The van der Waals surface area contributed by atoms with E-state index in [9.17, 15) is 0 Å². The van der Waals surface area contributed by atoms with E-state index < -0.39 is 0 Å². The van der Waals surface area contributed by atoms with Crippen LogP contribution in [-0.2, 0) is 6.61 Å². The highest BCUT2D eigenvalue weighted by atomic mass is 16.3. The van der Waals surface area contributed by atoms with Crippen LogP contribution in [0.25, 0.3) is 0 Å². The van der Waals surface area contributed by atoms with E-state index in [1.807, 2.05) is 12.1 Å². The van der Waals surface area contributed by atoms with Crippen molar-refractivity contribution in [3.05, 3.63) is 29.8 Å². The van der Waals surface area contributed by atoms with Gasteiger partial charge in [0, 0.05) is 0 Å². The zero-order chi connectivity index (χ0) is 14.4. The monoisotopic (exact) mass is 275 g/mol. The quantitative estimate of drug-likeness (QED) is 0.479. The Labute approximate surface area is 118 Å². The second kappa shape index (κ2) is 7.02. The van der Waals surface area contributed by atoms with Crippen molar-refractivity contribution in [1.29, 1.82) is 0 Å². The summed E-state index contributed by atoms with van der Waals surface area (Å²) in [5.41, 5.74) is 13.2. The number of nitrogens with one attached hydrogen (secondary N) is 1. The Morgan fingerprint density at radius 1 is 1.35 bits per heavy atom. The molecule has 6 heteroatoms. The lowest BCUT2D eigenvalue weighted by Gasteiger charge is -2.22. The van der Waals surface area contributed by atoms with Crippen LogP contribution in [0, 0.1) is 0 Å². The maximum atomic E-state index is 9.08. The standard InChI is InChI=1S/C14H21N5O/c15-13(12-6-1-2-7-17-12)19-14(16)18-11-5-3-4-10(8-11)9-20/h3-5,8,12,17,20H,1-2,6-7,9H2,(H4,15,16,18,19).